The maximum absolute atomic E-state index is 12.3. The Morgan fingerprint density at radius 2 is 2.20 bits per heavy atom. The highest BCUT2D eigenvalue weighted by Gasteiger charge is 2.22. The lowest BCUT2D eigenvalue weighted by Gasteiger charge is -2.28. The Morgan fingerprint density at radius 3 is 2.90 bits per heavy atom. The van der Waals surface area contributed by atoms with Gasteiger partial charge in [-0.3, -0.25) is 4.79 Å². The molecule has 0 saturated carbocycles. The molecule has 1 aliphatic rings. The predicted octanol–water partition coefficient (Wildman–Crippen LogP) is 1.73. The molecular weight excluding hydrogens is 252 g/mol. The van der Waals surface area contributed by atoms with E-state index in [1.807, 2.05) is 24.3 Å². The summed E-state index contributed by atoms with van der Waals surface area (Å²) in [5.41, 5.74) is 7.38. The quantitative estimate of drug-likeness (QED) is 0.861. The fraction of sp³-hybridized carbons (Fsp3) is 0.562. The van der Waals surface area contributed by atoms with Crippen LogP contribution in [0.1, 0.15) is 35.7 Å². The number of carbonyl (C=O) groups is 1. The van der Waals surface area contributed by atoms with Gasteiger partial charge in [0.15, 0.2) is 0 Å². The second-order valence-electron chi connectivity index (χ2n) is 5.45. The summed E-state index contributed by atoms with van der Waals surface area (Å²) in [7, 11) is 0. The fourth-order valence-electron chi connectivity index (χ4n) is 2.66. The number of hydrogen-bond donors (Lipinski definition) is 2. The van der Waals surface area contributed by atoms with Crippen LogP contribution in [0.5, 0.6) is 0 Å². The Labute approximate surface area is 120 Å². The van der Waals surface area contributed by atoms with Gasteiger partial charge in [-0.25, -0.2) is 0 Å². The number of ether oxygens (including phenoxy) is 1. The van der Waals surface area contributed by atoms with Crippen LogP contribution in [0.4, 0.5) is 0 Å². The van der Waals surface area contributed by atoms with Crippen LogP contribution in [0.2, 0.25) is 0 Å². The van der Waals surface area contributed by atoms with Gasteiger partial charge in [0.05, 0.1) is 0 Å². The second kappa shape index (κ2) is 7.41. The van der Waals surface area contributed by atoms with Crippen LogP contribution in [0.15, 0.2) is 24.3 Å². The fourth-order valence-corrected chi connectivity index (χ4v) is 2.66. The third kappa shape index (κ3) is 4.05. The molecule has 4 heteroatoms. The third-order valence-electron chi connectivity index (χ3n) is 3.95. The van der Waals surface area contributed by atoms with Crippen molar-refractivity contribution >= 4 is 5.91 Å². The van der Waals surface area contributed by atoms with E-state index in [1.165, 1.54) is 0 Å². The number of hydrogen-bond acceptors (Lipinski definition) is 3. The van der Waals surface area contributed by atoms with Crippen LogP contribution in [0, 0.1) is 5.92 Å². The molecule has 4 nitrogen and oxygen atoms in total. The van der Waals surface area contributed by atoms with E-state index in [-0.39, 0.29) is 11.9 Å². The zero-order valence-corrected chi connectivity index (χ0v) is 12.1. The molecule has 1 aromatic carbocycles. The number of nitrogens with one attached hydrogen (secondary N) is 1. The first-order valence-electron chi connectivity index (χ1n) is 7.38. The Kier molecular flexibility index (Phi) is 5.56. The summed E-state index contributed by atoms with van der Waals surface area (Å²) < 4.78 is 5.36. The maximum Gasteiger partial charge on any atom is 0.251 e. The van der Waals surface area contributed by atoms with E-state index in [0.717, 1.165) is 43.6 Å². The van der Waals surface area contributed by atoms with Gasteiger partial charge in [0.2, 0.25) is 0 Å². The summed E-state index contributed by atoms with van der Waals surface area (Å²) in [6, 6.07) is 7.89. The van der Waals surface area contributed by atoms with Crippen molar-refractivity contribution in [1.29, 1.82) is 0 Å². The normalized spacial score (nSPS) is 17.7. The van der Waals surface area contributed by atoms with Crippen molar-refractivity contribution in [3.8, 4) is 0 Å². The van der Waals surface area contributed by atoms with E-state index in [4.69, 9.17) is 10.5 Å². The van der Waals surface area contributed by atoms with Crippen LogP contribution in [-0.2, 0) is 11.2 Å². The Hall–Kier alpha value is -1.39. The largest absolute Gasteiger partial charge is 0.381 e. The summed E-state index contributed by atoms with van der Waals surface area (Å²) in [4.78, 5) is 12.3. The van der Waals surface area contributed by atoms with E-state index in [2.05, 4.69) is 12.2 Å². The standard InChI is InChI=1S/C16H24N2O2/c1-12(14-6-9-20-10-7-14)18-16(19)15-4-2-3-13(11-15)5-8-17/h2-4,11-12,14H,5-10,17H2,1H3,(H,18,19). The molecule has 1 atom stereocenters. The molecule has 1 aliphatic heterocycles. The molecular formula is C16H24N2O2. The molecule has 1 heterocycles. The molecule has 1 fully saturated rings. The highest BCUT2D eigenvalue weighted by Crippen LogP contribution is 2.19. The lowest BCUT2D eigenvalue weighted by molar-refractivity contribution is 0.0538. The van der Waals surface area contributed by atoms with Gasteiger partial charge in [0.25, 0.3) is 5.91 Å². The van der Waals surface area contributed by atoms with E-state index in [0.29, 0.717) is 12.5 Å². The van der Waals surface area contributed by atoms with E-state index in [1.54, 1.807) is 0 Å². The zero-order chi connectivity index (χ0) is 14.4. The van der Waals surface area contributed by atoms with Gasteiger partial charge in [-0.05, 0) is 56.3 Å². The van der Waals surface area contributed by atoms with Crippen molar-refractivity contribution in [2.75, 3.05) is 19.8 Å². The Bertz CT molecular complexity index is 442. The van der Waals surface area contributed by atoms with Crippen molar-refractivity contribution in [3.63, 3.8) is 0 Å². The minimum atomic E-state index is 0.00265. The van der Waals surface area contributed by atoms with Crippen molar-refractivity contribution < 1.29 is 9.53 Å². The SMILES string of the molecule is CC(NC(=O)c1cccc(CCN)c1)C1CCOCC1. The monoisotopic (exact) mass is 276 g/mol. The maximum atomic E-state index is 12.3. The number of rotatable bonds is 5. The third-order valence-corrected chi connectivity index (χ3v) is 3.95. The van der Waals surface area contributed by atoms with Crippen molar-refractivity contribution in [1.82, 2.24) is 5.32 Å². The van der Waals surface area contributed by atoms with Gasteiger partial charge in [-0.2, -0.15) is 0 Å². The number of amides is 1. The minimum absolute atomic E-state index is 0.00265. The second-order valence-corrected chi connectivity index (χ2v) is 5.45. The molecule has 1 unspecified atom stereocenters. The minimum Gasteiger partial charge on any atom is -0.381 e. The lowest BCUT2D eigenvalue weighted by Crippen LogP contribution is -2.40. The first kappa shape index (κ1) is 15.0. The van der Waals surface area contributed by atoms with Crippen molar-refractivity contribution in [2.45, 2.75) is 32.2 Å². The molecule has 1 aromatic rings. The van der Waals surface area contributed by atoms with Crippen LogP contribution in [0.25, 0.3) is 0 Å². The van der Waals surface area contributed by atoms with Gasteiger partial charge in [-0.1, -0.05) is 12.1 Å². The van der Waals surface area contributed by atoms with Gasteiger partial charge in [0.1, 0.15) is 0 Å². The molecule has 110 valence electrons. The number of benzene rings is 1. The van der Waals surface area contributed by atoms with Gasteiger partial charge in [-0.15, -0.1) is 0 Å². The molecule has 0 spiro atoms. The molecule has 1 amide bonds. The smallest absolute Gasteiger partial charge is 0.251 e. The lowest BCUT2D eigenvalue weighted by atomic mass is 9.92. The van der Waals surface area contributed by atoms with Crippen molar-refractivity contribution in [3.05, 3.63) is 35.4 Å². The molecule has 0 aromatic heterocycles. The summed E-state index contributed by atoms with van der Waals surface area (Å²) >= 11 is 0. The van der Waals surface area contributed by atoms with Crippen LogP contribution in [0.3, 0.4) is 0 Å². The summed E-state index contributed by atoms with van der Waals surface area (Å²) in [6.07, 6.45) is 2.85. The Balaban J connectivity index is 1.94. The highest BCUT2D eigenvalue weighted by molar-refractivity contribution is 5.94. The topological polar surface area (TPSA) is 64.4 Å². The first-order chi connectivity index (χ1) is 9.70. The van der Waals surface area contributed by atoms with Gasteiger partial charge < -0.3 is 15.8 Å². The number of carbonyl (C=O) groups excluding carboxylic acids is 1. The molecule has 0 bridgehead atoms. The number of nitrogens with two attached hydrogens (primary N) is 1. The van der Waals surface area contributed by atoms with Crippen LogP contribution >= 0.6 is 0 Å². The molecule has 3 N–H and O–H groups in total. The molecule has 0 aliphatic carbocycles. The summed E-state index contributed by atoms with van der Waals surface area (Å²) in [6.45, 7) is 4.29. The summed E-state index contributed by atoms with van der Waals surface area (Å²) in [5.74, 6) is 0.516. The Morgan fingerprint density at radius 1 is 1.45 bits per heavy atom. The average Bonchev–Trinajstić information content (AvgIpc) is 2.48. The molecule has 20 heavy (non-hydrogen) atoms. The first-order valence-corrected chi connectivity index (χ1v) is 7.38. The average molecular weight is 276 g/mol. The van der Waals surface area contributed by atoms with E-state index < -0.39 is 0 Å². The van der Waals surface area contributed by atoms with Gasteiger partial charge in [0, 0.05) is 24.8 Å². The zero-order valence-electron chi connectivity index (χ0n) is 12.1. The van der Waals surface area contributed by atoms with E-state index >= 15 is 0 Å². The molecule has 2 rings (SSSR count). The molecule has 0 radical (unpaired) electrons. The van der Waals surface area contributed by atoms with Crippen LogP contribution < -0.4 is 11.1 Å². The molecule has 1 saturated heterocycles. The van der Waals surface area contributed by atoms with Crippen molar-refractivity contribution in [2.24, 2.45) is 11.7 Å². The summed E-state index contributed by atoms with van der Waals surface area (Å²) in [5, 5.41) is 3.11. The van der Waals surface area contributed by atoms with E-state index in [9.17, 15) is 4.79 Å². The van der Waals surface area contributed by atoms with Gasteiger partial charge >= 0.3 is 0 Å². The predicted molar refractivity (Wildman–Crippen MR) is 79.7 cm³/mol. The van der Waals surface area contributed by atoms with Crippen LogP contribution in [-0.4, -0.2) is 31.7 Å². The highest BCUT2D eigenvalue weighted by atomic mass is 16.5.